The quantitative estimate of drug-likeness (QED) is 0.766. The normalized spacial score (nSPS) is 14.5. The summed E-state index contributed by atoms with van der Waals surface area (Å²) in [6.07, 6.45) is 0.896. The van der Waals surface area contributed by atoms with Crippen molar-refractivity contribution in [3.8, 4) is 0 Å². The summed E-state index contributed by atoms with van der Waals surface area (Å²) in [5, 5.41) is 13.1. The van der Waals surface area contributed by atoms with Crippen molar-refractivity contribution in [3.63, 3.8) is 0 Å². The maximum Gasteiger partial charge on any atom is 0.329 e. The van der Waals surface area contributed by atoms with E-state index < -0.39 is 11.5 Å². The lowest BCUT2D eigenvalue weighted by Crippen LogP contribution is -2.57. The smallest absolute Gasteiger partial charge is 0.329 e. The fraction of sp³-hybridized carbons (Fsp3) is 0.562. The average molecular weight is 278 g/mol. The number of nitrogens with zero attached hydrogens (tertiary/aromatic N) is 1. The number of rotatable bonds is 8. The number of carboxylic acid groups (broad SMARTS) is 1. The third-order valence-corrected chi connectivity index (χ3v) is 3.68. The Bertz CT molecular complexity index is 420. The van der Waals surface area contributed by atoms with E-state index >= 15 is 0 Å². The number of likely N-dealkylation sites (N-methyl/N-ethyl adjacent to an activating group) is 1. The lowest BCUT2D eigenvalue weighted by molar-refractivity contribution is -0.146. The van der Waals surface area contributed by atoms with E-state index in [9.17, 15) is 9.90 Å². The number of benzene rings is 1. The van der Waals surface area contributed by atoms with Crippen LogP contribution >= 0.6 is 0 Å². The standard InChI is InChI=1S/C16H26N2O2/c1-5-11-17-16(15(19)20,12-18(4)13(2)3)14-9-7-6-8-10-14/h6-10,13,17H,5,11-12H2,1-4H3,(H,19,20). The van der Waals surface area contributed by atoms with Crippen molar-refractivity contribution in [2.24, 2.45) is 0 Å². The van der Waals surface area contributed by atoms with Gasteiger partial charge in [0.15, 0.2) is 5.54 Å². The molecule has 0 saturated carbocycles. The van der Waals surface area contributed by atoms with Gasteiger partial charge in [0, 0.05) is 12.6 Å². The van der Waals surface area contributed by atoms with Crippen LogP contribution in [0.5, 0.6) is 0 Å². The molecule has 0 radical (unpaired) electrons. The molecular formula is C16H26N2O2. The SMILES string of the molecule is CCCNC(CN(C)C(C)C)(C(=O)O)c1ccccc1. The van der Waals surface area contributed by atoms with E-state index in [1.54, 1.807) is 0 Å². The Morgan fingerprint density at radius 3 is 2.40 bits per heavy atom. The molecule has 1 aromatic carbocycles. The summed E-state index contributed by atoms with van der Waals surface area (Å²) >= 11 is 0. The molecule has 0 aliphatic carbocycles. The van der Waals surface area contributed by atoms with Crippen molar-refractivity contribution in [1.82, 2.24) is 10.2 Å². The number of hydrogen-bond acceptors (Lipinski definition) is 3. The second-order valence-corrected chi connectivity index (χ2v) is 5.51. The Morgan fingerprint density at radius 2 is 1.95 bits per heavy atom. The van der Waals surface area contributed by atoms with Crippen LogP contribution in [-0.2, 0) is 10.3 Å². The van der Waals surface area contributed by atoms with Crippen LogP contribution in [0.4, 0.5) is 0 Å². The van der Waals surface area contributed by atoms with Gasteiger partial charge in [0.2, 0.25) is 0 Å². The van der Waals surface area contributed by atoms with E-state index in [-0.39, 0.29) is 0 Å². The molecule has 20 heavy (non-hydrogen) atoms. The van der Waals surface area contributed by atoms with Crippen molar-refractivity contribution < 1.29 is 9.90 Å². The van der Waals surface area contributed by atoms with Gasteiger partial charge in [-0.05, 0) is 39.4 Å². The van der Waals surface area contributed by atoms with Gasteiger partial charge in [-0.2, -0.15) is 0 Å². The summed E-state index contributed by atoms with van der Waals surface area (Å²) in [6, 6.07) is 9.73. The minimum absolute atomic E-state index is 0.292. The molecule has 4 heteroatoms. The highest BCUT2D eigenvalue weighted by molar-refractivity contribution is 5.81. The summed E-state index contributed by atoms with van der Waals surface area (Å²) in [6.45, 7) is 7.28. The number of carbonyl (C=O) groups is 1. The molecule has 1 rings (SSSR count). The van der Waals surface area contributed by atoms with Crippen molar-refractivity contribution in [2.45, 2.75) is 38.8 Å². The van der Waals surface area contributed by atoms with Crippen LogP contribution in [0.3, 0.4) is 0 Å². The number of hydrogen-bond donors (Lipinski definition) is 2. The van der Waals surface area contributed by atoms with E-state index in [1.165, 1.54) is 0 Å². The number of carboxylic acids is 1. The Hall–Kier alpha value is -1.39. The van der Waals surface area contributed by atoms with E-state index in [4.69, 9.17) is 0 Å². The molecule has 2 N–H and O–H groups in total. The molecular weight excluding hydrogens is 252 g/mol. The van der Waals surface area contributed by atoms with Gasteiger partial charge < -0.3 is 10.0 Å². The zero-order chi connectivity index (χ0) is 15.2. The molecule has 112 valence electrons. The van der Waals surface area contributed by atoms with Gasteiger partial charge >= 0.3 is 5.97 Å². The molecule has 0 aliphatic heterocycles. The second kappa shape index (κ2) is 7.41. The predicted molar refractivity (Wildman–Crippen MR) is 81.8 cm³/mol. The zero-order valence-electron chi connectivity index (χ0n) is 12.9. The lowest BCUT2D eigenvalue weighted by Gasteiger charge is -2.36. The Labute approximate surface area is 121 Å². The van der Waals surface area contributed by atoms with Gasteiger partial charge in [0.25, 0.3) is 0 Å². The maximum atomic E-state index is 12.0. The summed E-state index contributed by atoms with van der Waals surface area (Å²) in [4.78, 5) is 14.1. The first kappa shape index (κ1) is 16.7. The Kier molecular flexibility index (Phi) is 6.17. The van der Waals surface area contributed by atoms with Gasteiger partial charge in [-0.15, -0.1) is 0 Å². The molecule has 1 atom stereocenters. The van der Waals surface area contributed by atoms with Crippen LogP contribution in [0.15, 0.2) is 30.3 Å². The lowest BCUT2D eigenvalue weighted by atomic mass is 9.88. The van der Waals surface area contributed by atoms with E-state index in [1.807, 2.05) is 44.3 Å². The highest BCUT2D eigenvalue weighted by Crippen LogP contribution is 2.23. The van der Waals surface area contributed by atoms with Gasteiger partial charge in [-0.25, -0.2) is 4.79 Å². The van der Waals surface area contributed by atoms with Gasteiger partial charge in [-0.1, -0.05) is 37.3 Å². The molecule has 0 bridgehead atoms. The highest BCUT2D eigenvalue weighted by atomic mass is 16.4. The molecule has 0 fully saturated rings. The predicted octanol–water partition coefficient (Wildman–Crippen LogP) is 2.31. The molecule has 0 amide bonds. The first-order chi connectivity index (χ1) is 9.44. The van der Waals surface area contributed by atoms with Crippen LogP contribution in [-0.4, -0.2) is 42.2 Å². The van der Waals surface area contributed by atoms with Gasteiger partial charge in [0.1, 0.15) is 0 Å². The second-order valence-electron chi connectivity index (χ2n) is 5.51. The van der Waals surface area contributed by atoms with Crippen molar-refractivity contribution >= 4 is 5.97 Å². The number of nitrogens with one attached hydrogen (secondary N) is 1. The van der Waals surface area contributed by atoms with Crippen LogP contribution in [0.25, 0.3) is 0 Å². The topological polar surface area (TPSA) is 52.6 Å². The van der Waals surface area contributed by atoms with Crippen LogP contribution < -0.4 is 5.32 Å². The van der Waals surface area contributed by atoms with Crippen LogP contribution in [0, 0.1) is 0 Å². The van der Waals surface area contributed by atoms with Crippen molar-refractivity contribution in [1.29, 1.82) is 0 Å². The summed E-state index contributed by atoms with van der Waals surface area (Å²) < 4.78 is 0. The van der Waals surface area contributed by atoms with Crippen LogP contribution in [0.2, 0.25) is 0 Å². The molecule has 0 aromatic heterocycles. The molecule has 4 nitrogen and oxygen atoms in total. The Morgan fingerprint density at radius 1 is 1.35 bits per heavy atom. The summed E-state index contributed by atoms with van der Waals surface area (Å²) in [5.41, 5.74) is -0.260. The maximum absolute atomic E-state index is 12.0. The van der Waals surface area contributed by atoms with E-state index in [0.29, 0.717) is 19.1 Å². The Balaban J connectivity index is 3.17. The number of aliphatic carboxylic acids is 1. The molecule has 0 aliphatic rings. The van der Waals surface area contributed by atoms with Gasteiger partial charge in [0.05, 0.1) is 0 Å². The van der Waals surface area contributed by atoms with Crippen molar-refractivity contribution in [2.75, 3.05) is 20.1 Å². The van der Waals surface area contributed by atoms with Gasteiger partial charge in [-0.3, -0.25) is 5.32 Å². The van der Waals surface area contributed by atoms with Crippen molar-refractivity contribution in [3.05, 3.63) is 35.9 Å². The average Bonchev–Trinajstić information content (AvgIpc) is 2.43. The van der Waals surface area contributed by atoms with E-state index in [0.717, 1.165) is 12.0 Å². The third-order valence-electron chi connectivity index (χ3n) is 3.68. The minimum Gasteiger partial charge on any atom is -0.480 e. The molecule has 0 spiro atoms. The molecule has 0 heterocycles. The fourth-order valence-electron chi connectivity index (χ4n) is 2.13. The summed E-state index contributed by atoms with van der Waals surface area (Å²) in [7, 11) is 1.96. The zero-order valence-corrected chi connectivity index (χ0v) is 12.9. The first-order valence-corrected chi connectivity index (χ1v) is 7.18. The summed E-state index contributed by atoms with van der Waals surface area (Å²) in [5.74, 6) is -0.829. The third kappa shape index (κ3) is 3.81. The monoisotopic (exact) mass is 278 g/mol. The highest BCUT2D eigenvalue weighted by Gasteiger charge is 2.41. The molecule has 1 aromatic rings. The van der Waals surface area contributed by atoms with E-state index in [2.05, 4.69) is 24.1 Å². The molecule has 0 saturated heterocycles. The van der Waals surface area contributed by atoms with Crippen LogP contribution in [0.1, 0.15) is 32.8 Å². The fourth-order valence-corrected chi connectivity index (χ4v) is 2.13. The molecule has 1 unspecified atom stereocenters. The minimum atomic E-state index is -1.06. The first-order valence-electron chi connectivity index (χ1n) is 7.18. The largest absolute Gasteiger partial charge is 0.480 e.